The Labute approximate surface area is 78.7 Å². The molecular weight excluding hydrogens is 164 g/mol. The zero-order valence-electron chi connectivity index (χ0n) is 8.06. The molecule has 0 saturated heterocycles. The standard InChI is InChI=1S/C9H16N4/c1-2-3-4-5-6-7-12-13-8-10-11-9-13/h7-9H,2-6H2,1H3/b12-7+. The molecule has 0 radical (unpaired) electrons. The molecule has 1 aromatic rings. The summed E-state index contributed by atoms with van der Waals surface area (Å²) in [6.07, 6.45) is 11.2. The first-order valence-corrected chi connectivity index (χ1v) is 4.81. The zero-order chi connectivity index (χ0) is 9.36. The van der Waals surface area contributed by atoms with Gasteiger partial charge in [-0.15, -0.1) is 10.2 Å². The van der Waals surface area contributed by atoms with E-state index in [0.29, 0.717) is 0 Å². The highest BCUT2D eigenvalue weighted by Crippen LogP contribution is 2.00. The van der Waals surface area contributed by atoms with E-state index >= 15 is 0 Å². The molecule has 0 unspecified atom stereocenters. The Morgan fingerprint density at radius 1 is 1.23 bits per heavy atom. The molecule has 4 heteroatoms. The Bertz CT molecular complexity index is 228. The van der Waals surface area contributed by atoms with E-state index in [9.17, 15) is 0 Å². The van der Waals surface area contributed by atoms with Gasteiger partial charge in [-0.2, -0.15) is 5.10 Å². The fourth-order valence-corrected chi connectivity index (χ4v) is 1.07. The topological polar surface area (TPSA) is 43.1 Å². The van der Waals surface area contributed by atoms with Crippen LogP contribution in [0.15, 0.2) is 17.8 Å². The number of unbranched alkanes of at least 4 members (excludes halogenated alkanes) is 4. The molecule has 0 saturated carbocycles. The average Bonchev–Trinajstić information content (AvgIpc) is 2.63. The van der Waals surface area contributed by atoms with Crippen molar-refractivity contribution in [3.8, 4) is 0 Å². The Balaban J connectivity index is 2.05. The molecule has 1 aromatic heterocycles. The maximum absolute atomic E-state index is 4.13. The third-order valence-corrected chi connectivity index (χ3v) is 1.81. The maximum Gasteiger partial charge on any atom is 0.141 e. The molecule has 0 aromatic carbocycles. The summed E-state index contributed by atoms with van der Waals surface area (Å²) in [5.74, 6) is 0. The van der Waals surface area contributed by atoms with Crippen molar-refractivity contribution in [2.75, 3.05) is 0 Å². The monoisotopic (exact) mass is 180 g/mol. The molecule has 0 aliphatic heterocycles. The molecule has 0 atom stereocenters. The van der Waals surface area contributed by atoms with Crippen LogP contribution >= 0.6 is 0 Å². The highest BCUT2D eigenvalue weighted by atomic mass is 15.4. The molecule has 0 spiro atoms. The van der Waals surface area contributed by atoms with Gasteiger partial charge in [-0.3, -0.25) is 0 Å². The zero-order valence-corrected chi connectivity index (χ0v) is 8.06. The van der Waals surface area contributed by atoms with Gasteiger partial charge in [0.05, 0.1) is 0 Å². The molecule has 0 bridgehead atoms. The maximum atomic E-state index is 4.13. The van der Waals surface area contributed by atoms with E-state index in [4.69, 9.17) is 0 Å². The van der Waals surface area contributed by atoms with Crippen molar-refractivity contribution in [3.05, 3.63) is 12.7 Å². The van der Waals surface area contributed by atoms with Crippen LogP contribution in [-0.4, -0.2) is 21.1 Å². The Morgan fingerprint density at radius 2 is 2.00 bits per heavy atom. The van der Waals surface area contributed by atoms with Gasteiger partial charge in [0.2, 0.25) is 0 Å². The van der Waals surface area contributed by atoms with Crippen molar-refractivity contribution in [1.29, 1.82) is 0 Å². The van der Waals surface area contributed by atoms with Gasteiger partial charge in [0.1, 0.15) is 12.7 Å². The average molecular weight is 180 g/mol. The first-order valence-electron chi connectivity index (χ1n) is 4.81. The largest absolute Gasteiger partial charge is 0.208 e. The van der Waals surface area contributed by atoms with Gasteiger partial charge < -0.3 is 0 Å². The van der Waals surface area contributed by atoms with Gasteiger partial charge in [-0.05, 0) is 12.8 Å². The molecule has 4 nitrogen and oxygen atoms in total. The predicted molar refractivity (Wildman–Crippen MR) is 52.7 cm³/mol. The number of hydrogen-bond donors (Lipinski definition) is 0. The van der Waals surface area contributed by atoms with Crippen LogP contribution in [0, 0.1) is 0 Å². The molecule has 0 fully saturated rings. The summed E-state index contributed by atoms with van der Waals surface area (Å²) in [4.78, 5) is 0. The van der Waals surface area contributed by atoms with Crippen molar-refractivity contribution >= 4 is 6.21 Å². The first-order chi connectivity index (χ1) is 6.43. The molecule has 72 valence electrons. The summed E-state index contributed by atoms with van der Waals surface area (Å²) in [6.45, 7) is 2.21. The van der Waals surface area contributed by atoms with Crippen molar-refractivity contribution < 1.29 is 0 Å². The van der Waals surface area contributed by atoms with E-state index < -0.39 is 0 Å². The molecule has 1 heterocycles. The minimum atomic E-state index is 1.04. The lowest BCUT2D eigenvalue weighted by molar-refractivity contribution is 0.683. The normalized spacial score (nSPS) is 11.2. The molecule has 1 rings (SSSR count). The Hall–Kier alpha value is -1.19. The summed E-state index contributed by atoms with van der Waals surface area (Å²) in [7, 11) is 0. The smallest absolute Gasteiger partial charge is 0.141 e. The van der Waals surface area contributed by atoms with E-state index in [2.05, 4.69) is 22.2 Å². The van der Waals surface area contributed by atoms with E-state index in [1.807, 2.05) is 6.21 Å². The van der Waals surface area contributed by atoms with Gasteiger partial charge in [0.25, 0.3) is 0 Å². The minimum Gasteiger partial charge on any atom is -0.208 e. The fourth-order valence-electron chi connectivity index (χ4n) is 1.07. The third kappa shape index (κ3) is 4.40. The number of hydrogen-bond acceptors (Lipinski definition) is 3. The Kier molecular flexibility index (Phi) is 4.83. The molecule has 0 aliphatic rings. The van der Waals surface area contributed by atoms with Gasteiger partial charge in [-0.25, -0.2) is 4.68 Å². The van der Waals surface area contributed by atoms with Crippen molar-refractivity contribution in [3.63, 3.8) is 0 Å². The van der Waals surface area contributed by atoms with Gasteiger partial charge in [0, 0.05) is 6.21 Å². The minimum absolute atomic E-state index is 1.04. The van der Waals surface area contributed by atoms with Crippen LogP contribution in [0.2, 0.25) is 0 Å². The molecule has 0 N–H and O–H groups in total. The van der Waals surface area contributed by atoms with Crippen LogP contribution in [-0.2, 0) is 0 Å². The second kappa shape index (κ2) is 6.34. The van der Waals surface area contributed by atoms with Crippen molar-refractivity contribution in [2.45, 2.75) is 39.0 Å². The van der Waals surface area contributed by atoms with Crippen LogP contribution < -0.4 is 0 Å². The molecule has 0 aliphatic carbocycles. The third-order valence-electron chi connectivity index (χ3n) is 1.81. The van der Waals surface area contributed by atoms with E-state index in [1.165, 1.54) is 25.7 Å². The van der Waals surface area contributed by atoms with Crippen LogP contribution in [0.4, 0.5) is 0 Å². The van der Waals surface area contributed by atoms with Crippen molar-refractivity contribution in [1.82, 2.24) is 14.9 Å². The quantitative estimate of drug-likeness (QED) is 0.497. The number of rotatable bonds is 6. The van der Waals surface area contributed by atoms with E-state index in [-0.39, 0.29) is 0 Å². The van der Waals surface area contributed by atoms with E-state index in [0.717, 1.165) is 6.42 Å². The second-order valence-corrected chi connectivity index (χ2v) is 2.99. The SMILES string of the molecule is CCCCCC/C=N/n1cnnc1. The van der Waals surface area contributed by atoms with Crippen LogP contribution in [0.1, 0.15) is 39.0 Å². The lowest BCUT2D eigenvalue weighted by Gasteiger charge is -1.93. The number of nitrogens with zero attached hydrogens (tertiary/aromatic N) is 4. The summed E-state index contributed by atoms with van der Waals surface area (Å²) in [6, 6.07) is 0. The molecule has 0 amide bonds. The highest BCUT2D eigenvalue weighted by molar-refractivity contribution is 5.56. The summed E-state index contributed by atoms with van der Waals surface area (Å²) in [5, 5.41) is 11.4. The summed E-state index contributed by atoms with van der Waals surface area (Å²) in [5.41, 5.74) is 0. The van der Waals surface area contributed by atoms with Crippen molar-refractivity contribution in [2.24, 2.45) is 5.10 Å². The van der Waals surface area contributed by atoms with Crippen LogP contribution in [0.3, 0.4) is 0 Å². The fraction of sp³-hybridized carbons (Fsp3) is 0.667. The second-order valence-electron chi connectivity index (χ2n) is 2.99. The van der Waals surface area contributed by atoms with Gasteiger partial charge >= 0.3 is 0 Å². The van der Waals surface area contributed by atoms with Crippen LogP contribution in [0.25, 0.3) is 0 Å². The number of aromatic nitrogens is 3. The van der Waals surface area contributed by atoms with Gasteiger partial charge in [0.15, 0.2) is 0 Å². The summed E-state index contributed by atoms with van der Waals surface area (Å²) < 4.78 is 1.61. The van der Waals surface area contributed by atoms with E-state index in [1.54, 1.807) is 17.3 Å². The summed E-state index contributed by atoms with van der Waals surface area (Å²) >= 11 is 0. The van der Waals surface area contributed by atoms with Crippen LogP contribution in [0.5, 0.6) is 0 Å². The lowest BCUT2D eigenvalue weighted by atomic mass is 10.2. The highest BCUT2D eigenvalue weighted by Gasteiger charge is 1.85. The predicted octanol–water partition coefficient (Wildman–Crippen LogP) is 2.08. The Morgan fingerprint density at radius 3 is 2.69 bits per heavy atom. The lowest BCUT2D eigenvalue weighted by Crippen LogP contribution is -1.85. The van der Waals surface area contributed by atoms with Gasteiger partial charge in [-0.1, -0.05) is 26.2 Å². The first kappa shape index (κ1) is 9.89. The molecular formula is C9H16N4. The molecule has 13 heavy (non-hydrogen) atoms.